The minimum absolute atomic E-state index is 0.388. The lowest BCUT2D eigenvalue weighted by Crippen LogP contribution is -1.95. The highest BCUT2D eigenvalue weighted by Crippen LogP contribution is 2.27. The molecule has 0 fully saturated rings. The van der Waals surface area contributed by atoms with Crippen molar-refractivity contribution in [2.24, 2.45) is 0 Å². The van der Waals surface area contributed by atoms with Crippen LogP contribution in [0.5, 0.6) is 0 Å². The number of hydrogen-bond donors (Lipinski definition) is 0. The molecule has 0 aromatic heterocycles. The molecule has 0 saturated carbocycles. The Kier molecular flexibility index (Phi) is 4.66. The topological polar surface area (TPSA) is 17.1 Å². The van der Waals surface area contributed by atoms with Crippen molar-refractivity contribution in [2.45, 2.75) is 50.3 Å². The van der Waals surface area contributed by atoms with Crippen LogP contribution >= 0.6 is 11.8 Å². The number of aryl methyl sites for hydroxylation is 2. The summed E-state index contributed by atoms with van der Waals surface area (Å²) in [6, 6.07) is 6.85. The summed E-state index contributed by atoms with van der Waals surface area (Å²) in [6.45, 7) is 1.94. The van der Waals surface area contributed by atoms with Gasteiger partial charge in [0.2, 0.25) is 0 Å². The summed E-state index contributed by atoms with van der Waals surface area (Å²) in [7, 11) is 0. The molecule has 0 N–H and O–H groups in total. The predicted octanol–water partition coefficient (Wildman–Crippen LogP) is 4.03. The molecule has 0 radical (unpaired) electrons. The van der Waals surface area contributed by atoms with Gasteiger partial charge in [-0.2, -0.15) is 0 Å². The first-order valence-electron chi connectivity index (χ1n) is 6.56. The van der Waals surface area contributed by atoms with E-state index in [2.05, 4.69) is 18.2 Å². The fraction of sp³-hybridized carbons (Fsp3) is 0.533. The van der Waals surface area contributed by atoms with Crippen LogP contribution in [0.15, 0.2) is 23.1 Å². The number of hydrogen-bond acceptors (Lipinski definition) is 2. The molecule has 92 valence electrons. The van der Waals surface area contributed by atoms with Crippen molar-refractivity contribution in [3.8, 4) is 0 Å². The SMILES string of the molecule is CCC(=O)CCCSc1ccc2c(c1)CCC2. The number of Topliss-reactive ketones (excluding diaryl/α,β-unsaturated/α-hetero) is 1. The van der Waals surface area contributed by atoms with Gasteiger partial charge in [0.25, 0.3) is 0 Å². The van der Waals surface area contributed by atoms with E-state index in [0.29, 0.717) is 12.2 Å². The summed E-state index contributed by atoms with van der Waals surface area (Å²) in [5.41, 5.74) is 3.08. The normalized spacial score (nSPS) is 13.7. The Hall–Kier alpha value is -0.760. The van der Waals surface area contributed by atoms with Crippen LogP contribution in [-0.2, 0) is 17.6 Å². The van der Waals surface area contributed by atoms with Crippen LogP contribution in [0.4, 0.5) is 0 Å². The fourth-order valence-electron chi connectivity index (χ4n) is 2.27. The molecule has 0 bridgehead atoms. The van der Waals surface area contributed by atoms with E-state index >= 15 is 0 Å². The van der Waals surface area contributed by atoms with Crippen LogP contribution in [0.1, 0.15) is 43.7 Å². The number of benzene rings is 1. The number of thioether (sulfide) groups is 1. The third-order valence-corrected chi connectivity index (χ3v) is 4.41. The average molecular weight is 248 g/mol. The fourth-order valence-corrected chi connectivity index (χ4v) is 3.19. The molecule has 0 spiro atoms. The van der Waals surface area contributed by atoms with Crippen molar-refractivity contribution < 1.29 is 4.79 Å². The van der Waals surface area contributed by atoms with E-state index in [0.717, 1.165) is 18.6 Å². The van der Waals surface area contributed by atoms with Gasteiger partial charge in [-0.15, -0.1) is 11.8 Å². The zero-order valence-electron chi connectivity index (χ0n) is 10.5. The van der Waals surface area contributed by atoms with Crippen LogP contribution in [0, 0.1) is 0 Å². The number of rotatable bonds is 6. The molecule has 0 heterocycles. The quantitative estimate of drug-likeness (QED) is 0.558. The Bertz CT molecular complexity index is 398. The van der Waals surface area contributed by atoms with Crippen LogP contribution in [0.25, 0.3) is 0 Å². The second-order valence-electron chi connectivity index (χ2n) is 4.63. The van der Waals surface area contributed by atoms with E-state index in [9.17, 15) is 4.79 Å². The van der Waals surface area contributed by atoms with Gasteiger partial charge in [-0.05, 0) is 54.7 Å². The average Bonchev–Trinajstić information content (AvgIpc) is 2.81. The van der Waals surface area contributed by atoms with Gasteiger partial charge in [-0.1, -0.05) is 13.0 Å². The van der Waals surface area contributed by atoms with E-state index < -0.39 is 0 Å². The molecule has 0 aliphatic heterocycles. The molecule has 1 aliphatic carbocycles. The molecule has 2 rings (SSSR count). The minimum atomic E-state index is 0.388. The second kappa shape index (κ2) is 6.25. The Morgan fingerprint density at radius 1 is 1.29 bits per heavy atom. The lowest BCUT2D eigenvalue weighted by Gasteiger charge is -2.04. The molecule has 1 aliphatic rings. The molecule has 1 aromatic carbocycles. The monoisotopic (exact) mass is 248 g/mol. The van der Waals surface area contributed by atoms with Crippen LogP contribution in [0.2, 0.25) is 0 Å². The third-order valence-electron chi connectivity index (χ3n) is 3.33. The molecule has 0 amide bonds. The smallest absolute Gasteiger partial charge is 0.132 e. The van der Waals surface area contributed by atoms with Crippen LogP contribution in [-0.4, -0.2) is 11.5 Å². The predicted molar refractivity (Wildman–Crippen MR) is 73.7 cm³/mol. The highest BCUT2D eigenvalue weighted by atomic mass is 32.2. The summed E-state index contributed by atoms with van der Waals surface area (Å²) in [4.78, 5) is 12.5. The Labute approximate surface area is 108 Å². The van der Waals surface area contributed by atoms with Crippen molar-refractivity contribution in [2.75, 3.05) is 5.75 Å². The van der Waals surface area contributed by atoms with Gasteiger partial charge in [-0.25, -0.2) is 0 Å². The van der Waals surface area contributed by atoms with Crippen LogP contribution < -0.4 is 0 Å². The molecule has 0 atom stereocenters. The van der Waals surface area contributed by atoms with Gasteiger partial charge in [-0.3, -0.25) is 4.79 Å². The van der Waals surface area contributed by atoms with E-state index in [-0.39, 0.29) is 0 Å². The molecule has 1 aromatic rings. The molecule has 17 heavy (non-hydrogen) atoms. The molecular weight excluding hydrogens is 228 g/mol. The maximum atomic E-state index is 11.2. The first kappa shape index (κ1) is 12.7. The van der Waals surface area contributed by atoms with Gasteiger partial charge in [0.05, 0.1) is 0 Å². The maximum absolute atomic E-state index is 11.2. The third kappa shape index (κ3) is 3.60. The summed E-state index contributed by atoms with van der Waals surface area (Å²) >= 11 is 1.89. The number of fused-ring (bicyclic) bond motifs is 1. The van der Waals surface area contributed by atoms with Gasteiger partial charge >= 0.3 is 0 Å². The van der Waals surface area contributed by atoms with Crippen LogP contribution in [0.3, 0.4) is 0 Å². The van der Waals surface area contributed by atoms with Gasteiger partial charge in [0, 0.05) is 17.7 Å². The maximum Gasteiger partial charge on any atom is 0.132 e. The zero-order valence-corrected chi connectivity index (χ0v) is 11.3. The summed E-state index contributed by atoms with van der Waals surface area (Å²) in [5, 5.41) is 0. The highest BCUT2D eigenvalue weighted by molar-refractivity contribution is 7.99. The van der Waals surface area contributed by atoms with Gasteiger partial charge in [0.15, 0.2) is 0 Å². The van der Waals surface area contributed by atoms with Gasteiger partial charge < -0.3 is 0 Å². The lowest BCUT2D eigenvalue weighted by molar-refractivity contribution is -0.118. The van der Waals surface area contributed by atoms with Crippen molar-refractivity contribution in [1.82, 2.24) is 0 Å². The number of ketones is 1. The van der Waals surface area contributed by atoms with Crippen molar-refractivity contribution >= 4 is 17.5 Å². The molecule has 1 nitrogen and oxygen atoms in total. The molecule has 0 unspecified atom stereocenters. The molecule has 0 saturated heterocycles. The Morgan fingerprint density at radius 2 is 2.12 bits per heavy atom. The lowest BCUT2D eigenvalue weighted by atomic mass is 10.1. The Morgan fingerprint density at radius 3 is 2.94 bits per heavy atom. The standard InChI is InChI=1S/C15H20OS/c1-2-14(16)7-4-10-17-15-9-8-12-5-3-6-13(12)11-15/h8-9,11H,2-7,10H2,1H3. The summed E-state index contributed by atoms with van der Waals surface area (Å²) in [6.07, 6.45) is 6.25. The van der Waals surface area contributed by atoms with Crippen molar-refractivity contribution in [3.05, 3.63) is 29.3 Å². The van der Waals surface area contributed by atoms with E-state index in [1.807, 2.05) is 18.7 Å². The summed E-state index contributed by atoms with van der Waals surface area (Å²) in [5.74, 6) is 1.45. The van der Waals surface area contributed by atoms with E-state index in [4.69, 9.17) is 0 Å². The first-order valence-corrected chi connectivity index (χ1v) is 7.54. The molecular formula is C15H20OS. The number of carbonyl (C=O) groups excluding carboxylic acids is 1. The summed E-state index contributed by atoms with van der Waals surface area (Å²) < 4.78 is 0. The van der Waals surface area contributed by atoms with Crippen molar-refractivity contribution in [3.63, 3.8) is 0 Å². The minimum Gasteiger partial charge on any atom is -0.300 e. The van der Waals surface area contributed by atoms with E-state index in [1.165, 1.54) is 29.7 Å². The number of carbonyl (C=O) groups is 1. The highest BCUT2D eigenvalue weighted by Gasteiger charge is 2.10. The second-order valence-corrected chi connectivity index (χ2v) is 5.80. The van der Waals surface area contributed by atoms with E-state index in [1.54, 1.807) is 5.56 Å². The largest absolute Gasteiger partial charge is 0.300 e. The zero-order chi connectivity index (χ0) is 12.1. The first-order chi connectivity index (χ1) is 8.29. The Balaban J connectivity index is 1.78. The van der Waals surface area contributed by atoms with Gasteiger partial charge in [0.1, 0.15) is 5.78 Å². The van der Waals surface area contributed by atoms with Crippen molar-refractivity contribution in [1.29, 1.82) is 0 Å². The molecule has 2 heteroatoms.